The molecule has 6 nitrogen and oxygen atoms in total. The molecule has 0 bridgehead atoms. The third-order valence-electron chi connectivity index (χ3n) is 4.10. The first-order valence-corrected chi connectivity index (χ1v) is 7.77. The summed E-state index contributed by atoms with van der Waals surface area (Å²) >= 11 is 0. The summed E-state index contributed by atoms with van der Waals surface area (Å²) in [7, 11) is 1.66. The molecule has 0 unspecified atom stereocenters. The van der Waals surface area contributed by atoms with Crippen LogP contribution in [0.25, 0.3) is 0 Å². The van der Waals surface area contributed by atoms with E-state index in [0.29, 0.717) is 12.4 Å². The first-order chi connectivity index (χ1) is 11.2. The minimum absolute atomic E-state index is 0.0819. The normalized spacial score (nSPS) is 18.1. The number of likely N-dealkylation sites (tertiary alicyclic amines) is 1. The number of aromatic nitrogens is 1. The van der Waals surface area contributed by atoms with E-state index in [2.05, 4.69) is 27.5 Å². The molecule has 122 valence electrons. The predicted molar refractivity (Wildman–Crippen MR) is 86.4 cm³/mol. The van der Waals surface area contributed by atoms with E-state index in [1.807, 2.05) is 19.1 Å². The number of hydrogen-bond donors (Lipinski definition) is 1. The first kappa shape index (κ1) is 15.6. The van der Waals surface area contributed by atoms with Gasteiger partial charge in [-0.3, -0.25) is 15.0 Å². The Labute approximate surface area is 135 Å². The van der Waals surface area contributed by atoms with Crippen molar-refractivity contribution in [1.29, 1.82) is 0 Å². The van der Waals surface area contributed by atoms with Crippen molar-refractivity contribution in [2.45, 2.75) is 25.8 Å². The summed E-state index contributed by atoms with van der Waals surface area (Å²) in [5.41, 5.74) is 1.96. The van der Waals surface area contributed by atoms with E-state index in [0.717, 1.165) is 30.8 Å². The van der Waals surface area contributed by atoms with Gasteiger partial charge in [-0.15, -0.1) is 0 Å². The van der Waals surface area contributed by atoms with Gasteiger partial charge in [0.15, 0.2) is 0 Å². The Bertz CT molecular complexity index is 666. The van der Waals surface area contributed by atoms with Crippen LogP contribution in [0.3, 0.4) is 0 Å². The number of carbonyl (C=O) groups is 1. The number of nitrogens with one attached hydrogen (secondary N) is 1. The first-order valence-electron chi connectivity index (χ1n) is 7.77. The molecule has 0 radical (unpaired) electrons. The topological polar surface area (TPSA) is 67.6 Å². The third-order valence-corrected chi connectivity index (χ3v) is 4.10. The van der Waals surface area contributed by atoms with Gasteiger partial charge in [-0.1, -0.05) is 17.3 Å². The number of anilines is 1. The van der Waals surface area contributed by atoms with Gasteiger partial charge in [0.25, 0.3) is 0 Å². The number of methoxy groups -OCH3 is 1. The van der Waals surface area contributed by atoms with Crippen molar-refractivity contribution in [3.63, 3.8) is 0 Å². The minimum Gasteiger partial charge on any atom is -0.497 e. The SMILES string of the molecule is COc1ccc([C@@H]2CCCN2CC(=O)Nc2cc(C)no2)cc1. The monoisotopic (exact) mass is 315 g/mol. The van der Waals surface area contributed by atoms with Crippen molar-refractivity contribution in [2.75, 3.05) is 25.5 Å². The lowest BCUT2D eigenvalue weighted by molar-refractivity contribution is -0.117. The summed E-state index contributed by atoms with van der Waals surface area (Å²) in [5, 5.41) is 6.52. The highest BCUT2D eigenvalue weighted by molar-refractivity contribution is 5.91. The number of ether oxygens (including phenoxy) is 1. The van der Waals surface area contributed by atoms with Crippen LogP contribution in [0.15, 0.2) is 34.9 Å². The maximum Gasteiger partial charge on any atom is 0.240 e. The molecule has 0 saturated carbocycles. The van der Waals surface area contributed by atoms with Crippen molar-refractivity contribution in [3.8, 4) is 5.75 Å². The molecule has 2 aromatic rings. The van der Waals surface area contributed by atoms with E-state index in [1.165, 1.54) is 5.56 Å². The number of aryl methyl sites for hydroxylation is 1. The van der Waals surface area contributed by atoms with Crippen molar-refractivity contribution in [3.05, 3.63) is 41.6 Å². The van der Waals surface area contributed by atoms with Crippen molar-refractivity contribution >= 4 is 11.8 Å². The molecule has 1 fully saturated rings. The van der Waals surface area contributed by atoms with Crippen molar-refractivity contribution in [2.24, 2.45) is 0 Å². The Hall–Kier alpha value is -2.34. The Morgan fingerprint density at radius 3 is 2.87 bits per heavy atom. The molecule has 0 aliphatic carbocycles. The van der Waals surface area contributed by atoms with Crippen LogP contribution in [0.5, 0.6) is 5.75 Å². The van der Waals surface area contributed by atoms with Crippen LogP contribution in [-0.2, 0) is 4.79 Å². The number of hydrogen-bond acceptors (Lipinski definition) is 5. The zero-order valence-corrected chi connectivity index (χ0v) is 13.4. The van der Waals surface area contributed by atoms with Crippen molar-refractivity contribution < 1.29 is 14.1 Å². The second-order valence-electron chi connectivity index (χ2n) is 5.78. The van der Waals surface area contributed by atoms with E-state index in [9.17, 15) is 4.79 Å². The number of rotatable bonds is 5. The molecule has 0 spiro atoms. The zero-order valence-electron chi connectivity index (χ0n) is 13.4. The second kappa shape index (κ2) is 6.83. The summed E-state index contributed by atoms with van der Waals surface area (Å²) in [4.78, 5) is 14.4. The van der Waals surface area contributed by atoms with E-state index in [4.69, 9.17) is 9.26 Å². The van der Waals surface area contributed by atoms with Gasteiger partial charge in [-0.25, -0.2) is 0 Å². The molecule has 1 aliphatic heterocycles. The number of carbonyl (C=O) groups excluding carboxylic acids is 1. The lowest BCUT2D eigenvalue weighted by Crippen LogP contribution is -2.32. The van der Waals surface area contributed by atoms with E-state index < -0.39 is 0 Å². The highest BCUT2D eigenvalue weighted by Crippen LogP contribution is 2.32. The fraction of sp³-hybridized carbons (Fsp3) is 0.412. The molecular formula is C17H21N3O3. The molecular weight excluding hydrogens is 294 g/mol. The smallest absolute Gasteiger partial charge is 0.240 e. The summed E-state index contributed by atoms with van der Waals surface area (Å²) in [5.74, 6) is 1.16. The highest BCUT2D eigenvalue weighted by atomic mass is 16.5. The van der Waals surface area contributed by atoms with Gasteiger partial charge in [0, 0.05) is 12.1 Å². The molecule has 1 aromatic heterocycles. The van der Waals surface area contributed by atoms with Crippen LogP contribution in [0, 0.1) is 6.92 Å². The minimum atomic E-state index is -0.0819. The number of nitrogens with zero attached hydrogens (tertiary/aromatic N) is 2. The summed E-state index contributed by atoms with van der Waals surface area (Å²) in [6.07, 6.45) is 2.15. The molecule has 2 heterocycles. The molecule has 1 saturated heterocycles. The fourth-order valence-electron chi connectivity index (χ4n) is 3.00. The summed E-state index contributed by atoms with van der Waals surface area (Å²) in [6, 6.07) is 10.0. The van der Waals surface area contributed by atoms with Crippen LogP contribution in [0.4, 0.5) is 5.88 Å². The standard InChI is InChI=1S/C17H21N3O3/c1-12-10-17(23-19-12)18-16(21)11-20-9-3-4-15(20)13-5-7-14(22-2)8-6-13/h5-8,10,15H,3-4,9,11H2,1-2H3,(H,18,21)/t15-/m0/s1. The lowest BCUT2D eigenvalue weighted by Gasteiger charge is -2.24. The maximum atomic E-state index is 12.2. The molecule has 1 amide bonds. The Kier molecular flexibility index (Phi) is 4.62. The largest absolute Gasteiger partial charge is 0.497 e. The van der Waals surface area contributed by atoms with Gasteiger partial charge in [0.2, 0.25) is 11.8 Å². The van der Waals surface area contributed by atoms with Gasteiger partial charge >= 0.3 is 0 Å². The Morgan fingerprint density at radius 1 is 1.43 bits per heavy atom. The number of amides is 1. The average Bonchev–Trinajstić information content (AvgIpc) is 3.16. The molecule has 1 N–H and O–H groups in total. The lowest BCUT2D eigenvalue weighted by atomic mass is 10.0. The van der Waals surface area contributed by atoms with Crippen molar-refractivity contribution in [1.82, 2.24) is 10.1 Å². The van der Waals surface area contributed by atoms with Crippen LogP contribution < -0.4 is 10.1 Å². The second-order valence-corrected chi connectivity index (χ2v) is 5.78. The van der Waals surface area contributed by atoms with Crippen LogP contribution in [0.2, 0.25) is 0 Å². The summed E-state index contributed by atoms with van der Waals surface area (Å²) in [6.45, 7) is 3.08. The van der Waals surface area contributed by atoms with Crippen LogP contribution >= 0.6 is 0 Å². The Balaban J connectivity index is 1.62. The van der Waals surface area contributed by atoms with Gasteiger partial charge in [0.1, 0.15) is 5.75 Å². The molecule has 6 heteroatoms. The predicted octanol–water partition coefficient (Wildman–Crippen LogP) is 2.77. The van der Waals surface area contributed by atoms with E-state index in [-0.39, 0.29) is 11.9 Å². The average molecular weight is 315 g/mol. The van der Waals surface area contributed by atoms with Gasteiger partial charge in [0.05, 0.1) is 19.3 Å². The zero-order chi connectivity index (χ0) is 16.2. The third kappa shape index (κ3) is 3.71. The van der Waals surface area contributed by atoms with E-state index in [1.54, 1.807) is 13.2 Å². The quantitative estimate of drug-likeness (QED) is 0.919. The van der Waals surface area contributed by atoms with Gasteiger partial charge in [-0.05, 0) is 44.0 Å². The molecule has 1 aliphatic rings. The molecule has 1 atom stereocenters. The Morgan fingerprint density at radius 2 is 2.22 bits per heavy atom. The van der Waals surface area contributed by atoms with Gasteiger partial charge in [-0.2, -0.15) is 0 Å². The molecule has 3 rings (SSSR count). The van der Waals surface area contributed by atoms with Gasteiger partial charge < -0.3 is 9.26 Å². The summed E-state index contributed by atoms with van der Waals surface area (Å²) < 4.78 is 10.2. The van der Waals surface area contributed by atoms with Crippen LogP contribution in [-0.4, -0.2) is 36.2 Å². The molecule has 1 aromatic carbocycles. The maximum absolute atomic E-state index is 12.2. The molecule has 23 heavy (non-hydrogen) atoms. The van der Waals surface area contributed by atoms with E-state index >= 15 is 0 Å². The fourth-order valence-corrected chi connectivity index (χ4v) is 3.00. The highest BCUT2D eigenvalue weighted by Gasteiger charge is 2.27. The van der Waals surface area contributed by atoms with Crippen LogP contribution in [0.1, 0.15) is 30.1 Å². The number of benzene rings is 1.